The van der Waals surface area contributed by atoms with Crippen LogP contribution in [0.3, 0.4) is 0 Å². The molecule has 0 bridgehead atoms. The molecule has 0 aliphatic heterocycles. The molecule has 0 unspecified atom stereocenters. The van der Waals surface area contributed by atoms with Crippen LogP contribution < -0.4 is 5.43 Å². The number of benzene rings is 1. The third-order valence-electron chi connectivity index (χ3n) is 3.80. The first-order valence-electron chi connectivity index (χ1n) is 7.64. The van der Waals surface area contributed by atoms with E-state index in [2.05, 4.69) is 10.5 Å². The number of nitrogens with zero attached hydrogens (tertiary/aromatic N) is 2. The van der Waals surface area contributed by atoms with Crippen molar-refractivity contribution in [3.8, 4) is 0 Å². The Morgan fingerprint density at radius 2 is 1.85 bits per heavy atom. The van der Waals surface area contributed by atoms with E-state index in [0.29, 0.717) is 17.8 Å². The molecule has 0 aliphatic rings. The lowest BCUT2D eigenvalue weighted by molar-refractivity contribution is -0.384. The second-order valence-electron chi connectivity index (χ2n) is 6.30. The number of nitrogens with one attached hydrogen (secondary N) is 1. The number of halogens is 3. The molecule has 0 fully saturated rings. The van der Waals surface area contributed by atoms with E-state index in [1.165, 1.54) is 14.2 Å². The van der Waals surface area contributed by atoms with Gasteiger partial charge in [-0.3, -0.25) is 20.1 Å². The van der Waals surface area contributed by atoms with Crippen molar-refractivity contribution >= 4 is 24.7 Å². The summed E-state index contributed by atoms with van der Waals surface area (Å²) in [6.45, 7) is 4.85. The smallest absolute Gasteiger partial charge is 0.312 e. The third kappa shape index (κ3) is 5.50. The van der Waals surface area contributed by atoms with Gasteiger partial charge in [-0.1, -0.05) is 0 Å². The van der Waals surface area contributed by atoms with Crippen LogP contribution in [-0.2, 0) is 19.8 Å². The Hall–Kier alpha value is -1.97. The maximum atomic E-state index is 12.7. The number of alkyl halides is 3. The molecule has 12 heteroatoms. The zero-order valence-corrected chi connectivity index (χ0v) is 16.4. The Bertz CT molecular complexity index is 772. The fourth-order valence-electron chi connectivity index (χ4n) is 2.44. The number of hydrazone groups is 1. The fourth-order valence-corrected chi connectivity index (χ4v) is 4.00. The summed E-state index contributed by atoms with van der Waals surface area (Å²) in [5.41, 5.74) is 0.681. The minimum absolute atomic E-state index is 0.146. The number of nitro groups is 1. The van der Waals surface area contributed by atoms with Gasteiger partial charge in [0.15, 0.2) is 0 Å². The predicted molar refractivity (Wildman–Crippen MR) is 95.2 cm³/mol. The maximum absolute atomic E-state index is 12.7. The summed E-state index contributed by atoms with van der Waals surface area (Å²) in [5, 5.41) is 14.1. The number of hydrogen-bond acceptors (Lipinski definition) is 7. The van der Waals surface area contributed by atoms with Crippen LogP contribution in [0.1, 0.15) is 32.8 Å². The fraction of sp³-hybridized carbons (Fsp3) is 0.533. The monoisotopic (exact) mass is 411 g/mol. The summed E-state index contributed by atoms with van der Waals surface area (Å²) in [6, 6.07) is 2.08. The lowest BCUT2D eigenvalue weighted by Crippen LogP contribution is -2.25. The van der Waals surface area contributed by atoms with Gasteiger partial charge in [-0.2, -0.15) is 18.3 Å². The van der Waals surface area contributed by atoms with Crippen LogP contribution in [0.15, 0.2) is 23.3 Å². The molecule has 0 saturated carbocycles. The lowest BCUT2D eigenvalue weighted by atomic mass is 10.1. The molecule has 8 nitrogen and oxygen atoms in total. The van der Waals surface area contributed by atoms with Gasteiger partial charge >= 0.3 is 13.8 Å². The van der Waals surface area contributed by atoms with Crippen LogP contribution >= 0.6 is 7.60 Å². The quantitative estimate of drug-likeness (QED) is 0.278. The van der Waals surface area contributed by atoms with Crippen molar-refractivity contribution in [3.05, 3.63) is 33.9 Å². The van der Waals surface area contributed by atoms with E-state index in [0.717, 1.165) is 6.07 Å². The van der Waals surface area contributed by atoms with E-state index in [1.807, 2.05) is 0 Å². The molecule has 0 atom stereocenters. The van der Waals surface area contributed by atoms with Crippen LogP contribution in [-0.4, -0.2) is 30.0 Å². The van der Waals surface area contributed by atoms with Gasteiger partial charge in [-0.15, -0.1) is 0 Å². The molecule has 0 spiro atoms. The van der Waals surface area contributed by atoms with E-state index in [1.54, 1.807) is 20.8 Å². The average molecular weight is 411 g/mol. The average Bonchev–Trinajstić information content (AvgIpc) is 2.57. The van der Waals surface area contributed by atoms with Gasteiger partial charge in [0.05, 0.1) is 15.6 Å². The highest BCUT2D eigenvalue weighted by molar-refractivity contribution is 7.55. The van der Waals surface area contributed by atoms with Gasteiger partial charge in [0, 0.05) is 32.4 Å². The molecule has 152 valence electrons. The zero-order valence-electron chi connectivity index (χ0n) is 15.5. The Labute approximate surface area is 154 Å². The minimum Gasteiger partial charge on any atom is -0.312 e. The Kier molecular flexibility index (Phi) is 7.15. The molecule has 0 saturated heterocycles. The standard InChI is InChI=1S/C15H21F3N3O5P/c1-10(9-14(2,3)27(24,25-4)26-5)19-20-12-7-6-11(15(16,17)18)8-13(12)21(22)23/h6-8,20H,9H2,1-5H3/b19-10-. The zero-order chi connectivity index (χ0) is 21.0. The molecule has 1 rings (SSSR count). The normalized spacial score (nSPS) is 13.6. The molecular weight excluding hydrogens is 390 g/mol. The second-order valence-corrected chi connectivity index (χ2v) is 9.23. The van der Waals surface area contributed by atoms with Gasteiger partial charge in [0.1, 0.15) is 5.69 Å². The van der Waals surface area contributed by atoms with Crippen molar-refractivity contribution in [3.63, 3.8) is 0 Å². The highest BCUT2D eigenvalue weighted by Gasteiger charge is 2.42. The van der Waals surface area contributed by atoms with Crippen molar-refractivity contribution in [1.29, 1.82) is 0 Å². The van der Waals surface area contributed by atoms with E-state index < -0.39 is 35.1 Å². The molecule has 1 N–H and O–H groups in total. The second kappa shape index (κ2) is 8.37. The molecule has 0 heterocycles. The van der Waals surface area contributed by atoms with Crippen LogP contribution in [0.5, 0.6) is 0 Å². The predicted octanol–water partition coefficient (Wildman–Crippen LogP) is 5.06. The molecule has 1 aromatic carbocycles. The summed E-state index contributed by atoms with van der Waals surface area (Å²) >= 11 is 0. The SMILES string of the molecule is COP(=O)(OC)C(C)(C)C/C(C)=N\Nc1ccc(C(F)(F)F)cc1[N+](=O)[O-]. The molecule has 0 amide bonds. The third-order valence-corrected chi connectivity index (χ3v) is 6.40. The highest BCUT2D eigenvalue weighted by atomic mass is 31.2. The molecule has 0 radical (unpaired) electrons. The van der Waals surface area contributed by atoms with Crippen molar-refractivity contribution < 1.29 is 31.7 Å². The topological polar surface area (TPSA) is 103 Å². The van der Waals surface area contributed by atoms with Crippen molar-refractivity contribution in [2.75, 3.05) is 19.6 Å². The first kappa shape index (κ1) is 23.1. The lowest BCUT2D eigenvalue weighted by Gasteiger charge is -2.30. The van der Waals surface area contributed by atoms with Gasteiger partial charge in [0.2, 0.25) is 0 Å². The largest absolute Gasteiger partial charge is 0.416 e. The van der Waals surface area contributed by atoms with E-state index in [4.69, 9.17) is 9.05 Å². The Balaban J connectivity index is 3.08. The first-order valence-corrected chi connectivity index (χ1v) is 9.18. The van der Waals surface area contributed by atoms with E-state index in [-0.39, 0.29) is 12.1 Å². The molecule has 1 aromatic rings. The summed E-state index contributed by atoms with van der Waals surface area (Å²) in [5.74, 6) is 0. The number of nitro benzene ring substituents is 1. The molecular formula is C15H21F3N3O5P. The summed E-state index contributed by atoms with van der Waals surface area (Å²) in [6.07, 6.45) is -4.55. The van der Waals surface area contributed by atoms with Crippen LogP contribution in [0, 0.1) is 10.1 Å². The van der Waals surface area contributed by atoms with Gasteiger partial charge < -0.3 is 9.05 Å². The summed E-state index contributed by atoms with van der Waals surface area (Å²) < 4.78 is 60.7. The van der Waals surface area contributed by atoms with Crippen LogP contribution in [0.2, 0.25) is 0 Å². The number of hydrogen-bond donors (Lipinski definition) is 1. The van der Waals surface area contributed by atoms with E-state index >= 15 is 0 Å². The highest BCUT2D eigenvalue weighted by Crippen LogP contribution is 2.60. The Morgan fingerprint density at radius 1 is 1.30 bits per heavy atom. The molecule has 0 aromatic heterocycles. The number of rotatable bonds is 8. The maximum Gasteiger partial charge on any atom is 0.416 e. The Morgan fingerprint density at radius 3 is 2.30 bits per heavy atom. The van der Waals surface area contributed by atoms with Crippen molar-refractivity contribution in [2.45, 2.75) is 38.5 Å². The van der Waals surface area contributed by atoms with Gasteiger partial charge in [0.25, 0.3) is 5.69 Å². The number of anilines is 1. The minimum atomic E-state index is -4.70. The summed E-state index contributed by atoms with van der Waals surface area (Å²) in [7, 11) is -0.921. The van der Waals surface area contributed by atoms with Gasteiger partial charge in [-0.25, -0.2) is 0 Å². The van der Waals surface area contributed by atoms with Crippen molar-refractivity contribution in [1.82, 2.24) is 0 Å². The first-order chi connectivity index (χ1) is 12.3. The van der Waals surface area contributed by atoms with E-state index in [9.17, 15) is 27.9 Å². The van der Waals surface area contributed by atoms with Crippen molar-refractivity contribution in [2.24, 2.45) is 5.10 Å². The summed E-state index contributed by atoms with van der Waals surface area (Å²) in [4.78, 5) is 10.1. The van der Waals surface area contributed by atoms with Crippen LogP contribution in [0.25, 0.3) is 0 Å². The van der Waals surface area contributed by atoms with Gasteiger partial charge in [-0.05, 0) is 32.9 Å². The molecule has 0 aliphatic carbocycles. The molecule has 27 heavy (non-hydrogen) atoms. The van der Waals surface area contributed by atoms with Crippen LogP contribution in [0.4, 0.5) is 24.5 Å².